The summed E-state index contributed by atoms with van der Waals surface area (Å²) >= 11 is 0. The van der Waals surface area contributed by atoms with E-state index in [0.717, 1.165) is 12.8 Å². The molecule has 0 aromatic heterocycles. The number of ether oxygens (including phenoxy) is 1. The molecule has 0 aliphatic rings. The summed E-state index contributed by atoms with van der Waals surface area (Å²) in [6, 6.07) is 0. The SMILES string of the molecule is CCOCC(O)(CC)CC. The van der Waals surface area contributed by atoms with Gasteiger partial charge in [-0.2, -0.15) is 0 Å². The molecular formula is C8H18O2. The summed E-state index contributed by atoms with van der Waals surface area (Å²) in [6.07, 6.45) is 1.53. The fourth-order valence-electron chi connectivity index (χ4n) is 0.746. The Bertz CT molecular complexity index is 77.3. The quantitative estimate of drug-likeness (QED) is 0.638. The van der Waals surface area contributed by atoms with E-state index in [2.05, 4.69) is 0 Å². The van der Waals surface area contributed by atoms with Crippen molar-refractivity contribution in [3.05, 3.63) is 0 Å². The highest BCUT2D eigenvalue weighted by atomic mass is 16.5. The predicted octanol–water partition coefficient (Wildman–Crippen LogP) is 1.57. The molecule has 2 heteroatoms. The Labute approximate surface area is 63.2 Å². The van der Waals surface area contributed by atoms with Crippen LogP contribution in [0.1, 0.15) is 33.6 Å². The molecule has 0 radical (unpaired) electrons. The molecule has 0 saturated carbocycles. The van der Waals surface area contributed by atoms with E-state index < -0.39 is 5.60 Å². The topological polar surface area (TPSA) is 29.5 Å². The predicted molar refractivity (Wildman–Crippen MR) is 42.0 cm³/mol. The lowest BCUT2D eigenvalue weighted by Crippen LogP contribution is -2.32. The molecule has 0 unspecified atom stereocenters. The number of aliphatic hydroxyl groups is 1. The van der Waals surface area contributed by atoms with Crippen LogP contribution >= 0.6 is 0 Å². The molecule has 0 aliphatic heterocycles. The van der Waals surface area contributed by atoms with Gasteiger partial charge in [-0.1, -0.05) is 13.8 Å². The van der Waals surface area contributed by atoms with E-state index in [4.69, 9.17) is 4.74 Å². The van der Waals surface area contributed by atoms with Gasteiger partial charge in [0.1, 0.15) is 0 Å². The second kappa shape index (κ2) is 4.69. The van der Waals surface area contributed by atoms with Crippen molar-refractivity contribution in [1.82, 2.24) is 0 Å². The zero-order valence-corrected chi connectivity index (χ0v) is 7.18. The van der Waals surface area contributed by atoms with Gasteiger partial charge in [0.15, 0.2) is 0 Å². The third-order valence-corrected chi connectivity index (χ3v) is 1.89. The minimum atomic E-state index is -0.587. The lowest BCUT2D eigenvalue weighted by molar-refractivity contribution is -0.0481. The van der Waals surface area contributed by atoms with E-state index >= 15 is 0 Å². The van der Waals surface area contributed by atoms with Crippen molar-refractivity contribution in [3.8, 4) is 0 Å². The first-order valence-corrected chi connectivity index (χ1v) is 3.98. The number of rotatable bonds is 5. The number of hydrogen-bond donors (Lipinski definition) is 1. The van der Waals surface area contributed by atoms with Crippen molar-refractivity contribution < 1.29 is 9.84 Å². The first-order valence-electron chi connectivity index (χ1n) is 3.98. The van der Waals surface area contributed by atoms with E-state index in [1.807, 2.05) is 20.8 Å². The molecule has 62 valence electrons. The second-order valence-electron chi connectivity index (χ2n) is 2.57. The minimum Gasteiger partial charge on any atom is -0.388 e. The van der Waals surface area contributed by atoms with Crippen LogP contribution in [-0.2, 0) is 4.74 Å². The van der Waals surface area contributed by atoms with E-state index in [-0.39, 0.29) is 0 Å². The van der Waals surface area contributed by atoms with Gasteiger partial charge in [-0.05, 0) is 19.8 Å². The second-order valence-corrected chi connectivity index (χ2v) is 2.57. The Hall–Kier alpha value is -0.0800. The lowest BCUT2D eigenvalue weighted by atomic mass is 9.99. The third kappa shape index (κ3) is 3.18. The molecule has 0 aromatic rings. The van der Waals surface area contributed by atoms with Gasteiger partial charge in [0, 0.05) is 6.61 Å². The maximum absolute atomic E-state index is 9.63. The molecule has 2 nitrogen and oxygen atoms in total. The van der Waals surface area contributed by atoms with E-state index in [1.165, 1.54) is 0 Å². The van der Waals surface area contributed by atoms with E-state index in [0.29, 0.717) is 13.2 Å². The lowest BCUT2D eigenvalue weighted by Gasteiger charge is -2.24. The highest BCUT2D eigenvalue weighted by molar-refractivity contribution is 4.73. The molecule has 0 heterocycles. The van der Waals surface area contributed by atoms with Gasteiger partial charge in [0.2, 0.25) is 0 Å². The van der Waals surface area contributed by atoms with Crippen molar-refractivity contribution in [2.45, 2.75) is 39.2 Å². The molecule has 0 spiro atoms. The van der Waals surface area contributed by atoms with Crippen molar-refractivity contribution in [1.29, 1.82) is 0 Å². The average molecular weight is 146 g/mol. The zero-order valence-electron chi connectivity index (χ0n) is 7.18. The van der Waals surface area contributed by atoms with Crippen LogP contribution in [0.2, 0.25) is 0 Å². The summed E-state index contributed by atoms with van der Waals surface area (Å²) in [5, 5.41) is 9.63. The first kappa shape index (κ1) is 9.92. The maximum atomic E-state index is 9.63. The van der Waals surface area contributed by atoms with Crippen LogP contribution in [0.25, 0.3) is 0 Å². The Morgan fingerprint density at radius 2 is 1.70 bits per heavy atom. The van der Waals surface area contributed by atoms with Gasteiger partial charge >= 0.3 is 0 Å². The summed E-state index contributed by atoms with van der Waals surface area (Å²) < 4.78 is 5.13. The molecule has 0 aliphatic carbocycles. The standard InChI is InChI=1S/C8H18O2/c1-4-8(9,5-2)7-10-6-3/h9H,4-7H2,1-3H3. The molecule has 10 heavy (non-hydrogen) atoms. The van der Waals surface area contributed by atoms with Crippen molar-refractivity contribution in [3.63, 3.8) is 0 Å². The molecule has 0 rings (SSSR count). The maximum Gasteiger partial charge on any atom is 0.0874 e. The van der Waals surface area contributed by atoms with Crippen molar-refractivity contribution >= 4 is 0 Å². The average Bonchev–Trinajstić information content (AvgIpc) is 2.00. The highest BCUT2D eigenvalue weighted by Gasteiger charge is 2.21. The molecule has 0 amide bonds. The summed E-state index contributed by atoms with van der Waals surface area (Å²) in [5.41, 5.74) is -0.587. The fourth-order valence-corrected chi connectivity index (χ4v) is 0.746. The van der Waals surface area contributed by atoms with Crippen LogP contribution in [0.4, 0.5) is 0 Å². The molecular weight excluding hydrogens is 128 g/mol. The molecule has 0 bridgehead atoms. The minimum absolute atomic E-state index is 0.469. The normalized spacial score (nSPS) is 12.0. The highest BCUT2D eigenvalue weighted by Crippen LogP contribution is 2.14. The Morgan fingerprint density at radius 3 is 2.00 bits per heavy atom. The molecule has 0 atom stereocenters. The van der Waals surface area contributed by atoms with Gasteiger partial charge in [0.05, 0.1) is 12.2 Å². The summed E-state index contributed by atoms with van der Waals surface area (Å²) in [4.78, 5) is 0. The molecule has 1 N–H and O–H groups in total. The Morgan fingerprint density at radius 1 is 1.20 bits per heavy atom. The van der Waals surface area contributed by atoms with Crippen LogP contribution in [-0.4, -0.2) is 23.9 Å². The van der Waals surface area contributed by atoms with E-state index in [1.54, 1.807) is 0 Å². The van der Waals surface area contributed by atoms with Gasteiger partial charge in [-0.25, -0.2) is 0 Å². The smallest absolute Gasteiger partial charge is 0.0874 e. The summed E-state index contributed by atoms with van der Waals surface area (Å²) in [5.74, 6) is 0. The summed E-state index contributed by atoms with van der Waals surface area (Å²) in [6.45, 7) is 7.04. The van der Waals surface area contributed by atoms with Crippen LogP contribution in [0.5, 0.6) is 0 Å². The van der Waals surface area contributed by atoms with Crippen molar-refractivity contribution in [2.75, 3.05) is 13.2 Å². The number of hydrogen-bond acceptors (Lipinski definition) is 2. The van der Waals surface area contributed by atoms with Gasteiger partial charge in [-0.3, -0.25) is 0 Å². The van der Waals surface area contributed by atoms with Crippen LogP contribution < -0.4 is 0 Å². The van der Waals surface area contributed by atoms with Crippen LogP contribution in [0, 0.1) is 0 Å². The fraction of sp³-hybridized carbons (Fsp3) is 1.00. The molecule has 0 aromatic carbocycles. The Kier molecular flexibility index (Phi) is 4.65. The Balaban J connectivity index is 3.58. The van der Waals surface area contributed by atoms with Crippen molar-refractivity contribution in [2.24, 2.45) is 0 Å². The van der Waals surface area contributed by atoms with E-state index in [9.17, 15) is 5.11 Å². The summed E-state index contributed by atoms with van der Waals surface area (Å²) in [7, 11) is 0. The van der Waals surface area contributed by atoms with Crippen LogP contribution in [0.15, 0.2) is 0 Å². The molecule has 0 fully saturated rings. The third-order valence-electron chi connectivity index (χ3n) is 1.89. The van der Waals surface area contributed by atoms with Gasteiger partial charge in [0.25, 0.3) is 0 Å². The van der Waals surface area contributed by atoms with Gasteiger partial charge in [-0.15, -0.1) is 0 Å². The largest absolute Gasteiger partial charge is 0.388 e. The first-order chi connectivity index (χ1) is 4.68. The molecule has 0 saturated heterocycles. The zero-order chi connectivity index (χ0) is 8.04. The van der Waals surface area contributed by atoms with Gasteiger partial charge < -0.3 is 9.84 Å². The van der Waals surface area contributed by atoms with Crippen LogP contribution in [0.3, 0.4) is 0 Å². The monoisotopic (exact) mass is 146 g/mol.